The first-order chi connectivity index (χ1) is 14.6. The quantitative estimate of drug-likeness (QED) is 0.701. The van der Waals surface area contributed by atoms with E-state index in [-0.39, 0.29) is 18.4 Å². The summed E-state index contributed by atoms with van der Waals surface area (Å²) in [6.07, 6.45) is 4.77. The van der Waals surface area contributed by atoms with E-state index >= 15 is 0 Å². The number of pyridine rings is 1. The molecule has 0 unspecified atom stereocenters. The number of nitrogens with one attached hydrogen (secondary N) is 2. The molecule has 1 aliphatic heterocycles. The molecule has 158 valence electrons. The zero-order valence-electron chi connectivity index (χ0n) is 17.0. The Kier molecular flexibility index (Phi) is 7.37. The van der Waals surface area contributed by atoms with Crippen LogP contribution in [0.2, 0.25) is 0 Å². The normalized spacial score (nSPS) is 14.1. The topological polar surface area (TPSA) is 101 Å². The Morgan fingerprint density at radius 1 is 1.03 bits per heavy atom. The fraction of sp³-hybridized carbons (Fsp3) is 0.364. The molecule has 1 fully saturated rings. The van der Waals surface area contributed by atoms with Crippen LogP contribution in [0.4, 0.5) is 0 Å². The molecule has 0 aliphatic carbocycles. The molecular weight excluding hydrogens is 384 g/mol. The highest BCUT2D eigenvalue weighted by Crippen LogP contribution is 2.19. The predicted molar refractivity (Wildman–Crippen MR) is 111 cm³/mol. The molecule has 1 aromatic heterocycles. The Morgan fingerprint density at radius 3 is 2.40 bits per heavy atom. The number of benzene rings is 1. The summed E-state index contributed by atoms with van der Waals surface area (Å²) in [4.78, 5) is 42.4. The number of ether oxygens (including phenoxy) is 1. The molecule has 1 aliphatic rings. The van der Waals surface area contributed by atoms with Gasteiger partial charge in [-0.05, 0) is 37.0 Å². The van der Waals surface area contributed by atoms with Gasteiger partial charge >= 0.3 is 11.8 Å². The fourth-order valence-corrected chi connectivity index (χ4v) is 3.44. The number of hydrogen-bond acceptors (Lipinski definition) is 5. The van der Waals surface area contributed by atoms with Gasteiger partial charge in [0, 0.05) is 49.7 Å². The first-order valence-corrected chi connectivity index (χ1v) is 9.95. The summed E-state index contributed by atoms with van der Waals surface area (Å²) in [7, 11) is 1.56. The molecule has 0 atom stereocenters. The molecule has 8 heteroatoms. The molecule has 8 nitrogen and oxygen atoms in total. The molecule has 1 saturated heterocycles. The van der Waals surface area contributed by atoms with Crippen molar-refractivity contribution in [3.8, 4) is 5.75 Å². The van der Waals surface area contributed by atoms with Gasteiger partial charge in [-0.3, -0.25) is 19.4 Å². The molecule has 0 saturated carbocycles. The van der Waals surface area contributed by atoms with E-state index in [9.17, 15) is 14.4 Å². The first kappa shape index (κ1) is 21.3. The van der Waals surface area contributed by atoms with Crippen molar-refractivity contribution >= 4 is 17.7 Å². The van der Waals surface area contributed by atoms with E-state index in [1.165, 1.54) is 0 Å². The number of aromatic nitrogens is 1. The molecule has 2 heterocycles. The highest BCUT2D eigenvalue weighted by atomic mass is 16.5. The third-order valence-electron chi connectivity index (χ3n) is 5.22. The van der Waals surface area contributed by atoms with Crippen molar-refractivity contribution < 1.29 is 19.1 Å². The standard InChI is InChI=1S/C22H26N4O4/c1-30-19-5-3-2-4-18(19)15-25-21(28)20(27)24-14-16-8-12-26(13-9-16)22(29)17-6-10-23-11-7-17/h2-7,10-11,16H,8-9,12-15H2,1H3,(H,24,27)(H,25,28). The van der Waals surface area contributed by atoms with Crippen molar-refractivity contribution in [3.63, 3.8) is 0 Å². The highest BCUT2D eigenvalue weighted by molar-refractivity contribution is 6.35. The number of nitrogens with zero attached hydrogens (tertiary/aromatic N) is 2. The first-order valence-electron chi connectivity index (χ1n) is 9.95. The van der Waals surface area contributed by atoms with Crippen LogP contribution < -0.4 is 15.4 Å². The van der Waals surface area contributed by atoms with Gasteiger partial charge in [-0.15, -0.1) is 0 Å². The lowest BCUT2D eigenvalue weighted by molar-refractivity contribution is -0.139. The third-order valence-corrected chi connectivity index (χ3v) is 5.22. The van der Waals surface area contributed by atoms with Crippen LogP contribution in [0.15, 0.2) is 48.8 Å². The third kappa shape index (κ3) is 5.56. The smallest absolute Gasteiger partial charge is 0.309 e. The van der Waals surface area contributed by atoms with Gasteiger partial charge in [-0.1, -0.05) is 18.2 Å². The number of rotatable bonds is 6. The zero-order valence-corrected chi connectivity index (χ0v) is 17.0. The highest BCUT2D eigenvalue weighted by Gasteiger charge is 2.24. The summed E-state index contributed by atoms with van der Waals surface area (Å²) in [6.45, 7) is 1.88. The summed E-state index contributed by atoms with van der Waals surface area (Å²) in [5.74, 6) is -0.439. The van der Waals surface area contributed by atoms with Crippen LogP contribution in [0.3, 0.4) is 0 Å². The van der Waals surface area contributed by atoms with Gasteiger partial charge in [0.2, 0.25) is 0 Å². The van der Waals surface area contributed by atoms with Gasteiger partial charge in [-0.25, -0.2) is 0 Å². The molecule has 1 aromatic carbocycles. The Morgan fingerprint density at radius 2 is 1.70 bits per heavy atom. The minimum Gasteiger partial charge on any atom is -0.496 e. The van der Waals surface area contributed by atoms with Crippen LogP contribution in [-0.2, 0) is 16.1 Å². The largest absolute Gasteiger partial charge is 0.496 e. The lowest BCUT2D eigenvalue weighted by Crippen LogP contribution is -2.44. The lowest BCUT2D eigenvalue weighted by atomic mass is 9.96. The van der Waals surface area contributed by atoms with Crippen molar-refractivity contribution in [1.82, 2.24) is 20.5 Å². The molecule has 0 spiro atoms. The molecule has 0 bridgehead atoms. The molecular formula is C22H26N4O4. The van der Waals surface area contributed by atoms with Crippen LogP contribution in [0.5, 0.6) is 5.75 Å². The molecule has 3 amide bonds. The monoisotopic (exact) mass is 410 g/mol. The molecule has 3 rings (SSSR count). The molecule has 2 N–H and O–H groups in total. The second-order valence-electron chi connectivity index (χ2n) is 7.18. The van der Waals surface area contributed by atoms with E-state index in [1.54, 1.807) is 37.7 Å². The number of hydrogen-bond donors (Lipinski definition) is 2. The van der Waals surface area contributed by atoms with Crippen LogP contribution in [-0.4, -0.2) is 54.3 Å². The number of likely N-dealkylation sites (tertiary alicyclic amines) is 1. The maximum absolute atomic E-state index is 12.5. The Bertz CT molecular complexity index is 880. The summed E-state index contributed by atoms with van der Waals surface area (Å²) in [6, 6.07) is 10.7. The fourth-order valence-electron chi connectivity index (χ4n) is 3.44. The van der Waals surface area contributed by atoms with Crippen molar-refractivity contribution in [3.05, 3.63) is 59.9 Å². The Balaban J connectivity index is 1.39. The van der Waals surface area contributed by atoms with Crippen LogP contribution in [0.1, 0.15) is 28.8 Å². The Labute approximate surface area is 175 Å². The van der Waals surface area contributed by atoms with Crippen LogP contribution >= 0.6 is 0 Å². The minimum atomic E-state index is -0.675. The van der Waals surface area contributed by atoms with E-state index in [1.807, 2.05) is 23.1 Å². The number of methoxy groups -OCH3 is 1. The molecule has 30 heavy (non-hydrogen) atoms. The number of para-hydroxylation sites is 1. The minimum absolute atomic E-state index is 0.00407. The zero-order chi connectivity index (χ0) is 21.3. The van der Waals surface area contributed by atoms with Gasteiger partial charge in [0.25, 0.3) is 5.91 Å². The summed E-state index contributed by atoms with van der Waals surface area (Å²) < 4.78 is 5.24. The van der Waals surface area contributed by atoms with E-state index in [0.717, 1.165) is 18.4 Å². The Hall–Kier alpha value is -3.42. The summed E-state index contributed by atoms with van der Waals surface area (Å²) >= 11 is 0. The van der Waals surface area contributed by atoms with Crippen molar-refractivity contribution in [2.24, 2.45) is 5.92 Å². The second kappa shape index (κ2) is 10.4. The average molecular weight is 410 g/mol. The van der Waals surface area contributed by atoms with Crippen LogP contribution in [0, 0.1) is 5.92 Å². The van der Waals surface area contributed by atoms with Gasteiger partial charge in [-0.2, -0.15) is 0 Å². The van der Waals surface area contributed by atoms with E-state index < -0.39 is 11.8 Å². The number of piperidine rings is 1. The van der Waals surface area contributed by atoms with Crippen molar-refractivity contribution in [1.29, 1.82) is 0 Å². The van der Waals surface area contributed by atoms with E-state index in [2.05, 4.69) is 15.6 Å². The van der Waals surface area contributed by atoms with E-state index in [0.29, 0.717) is 30.9 Å². The average Bonchev–Trinajstić information content (AvgIpc) is 2.81. The summed E-state index contributed by atoms with van der Waals surface area (Å²) in [5.41, 5.74) is 1.43. The summed E-state index contributed by atoms with van der Waals surface area (Å²) in [5, 5.41) is 5.31. The number of amides is 3. The maximum Gasteiger partial charge on any atom is 0.309 e. The van der Waals surface area contributed by atoms with Gasteiger partial charge < -0.3 is 20.3 Å². The SMILES string of the molecule is COc1ccccc1CNC(=O)C(=O)NCC1CCN(C(=O)c2ccncc2)CC1. The van der Waals surface area contributed by atoms with Crippen molar-refractivity contribution in [2.45, 2.75) is 19.4 Å². The lowest BCUT2D eigenvalue weighted by Gasteiger charge is -2.32. The molecule has 0 radical (unpaired) electrons. The number of carbonyl (C=O) groups excluding carboxylic acids is 3. The van der Waals surface area contributed by atoms with Crippen LogP contribution in [0.25, 0.3) is 0 Å². The van der Waals surface area contributed by atoms with Crippen molar-refractivity contribution in [2.75, 3.05) is 26.7 Å². The van der Waals surface area contributed by atoms with Gasteiger partial charge in [0.1, 0.15) is 5.75 Å². The maximum atomic E-state index is 12.5. The predicted octanol–water partition coefficient (Wildman–Crippen LogP) is 1.38. The van der Waals surface area contributed by atoms with E-state index in [4.69, 9.17) is 4.74 Å². The number of carbonyl (C=O) groups is 3. The van der Waals surface area contributed by atoms with Gasteiger partial charge in [0.15, 0.2) is 0 Å². The molecule has 2 aromatic rings. The second-order valence-corrected chi connectivity index (χ2v) is 7.18. The van der Waals surface area contributed by atoms with Gasteiger partial charge in [0.05, 0.1) is 7.11 Å².